The van der Waals surface area contributed by atoms with Crippen molar-refractivity contribution >= 4 is 38.9 Å². The number of anilines is 1. The molecule has 180 valence electrons. The Balaban J connectivity index is 1.29. The van der Waals surface area contributed by atoms with E-state index in [1.807, 2.05) is 48.5 Å². The van der Waals surface area contributed by atoms with Gasteiger partial charge in [-0.1, -0.05) is 71.7 Å². The van der Waals surface area contributed by atoms with Crippen LogP contribution in [0.4, 0.5) is 5.69 Å². The fraction of sp³-hybridized carbons (Fsp3) is 0.231. The van der Waals surface area contributed by atoms with E-state index >= 15 is 0 Å². The summed E-state index contributed by atoms with van der Waals surface area (Å²) in [4.78, 5) is 18.1. The van der Waals surface area contributed by atoms with Crippen LogP contribution >= 0.6 is 11.6 Å². The summed E-state index contributed by atoms with van der Waals surface area (Å²) < 4.78 is 27.4. The van der Waals surface area contributed by atoms with E-state index < -0.39 is 15.9 Å². The highest BCUT2D eigenvalue weighted by molar-refractivity contribution is 7.89. The van der Waals surface area contributed by atoms with Crippen LogP contribution in [-0.4, -0.2) is 44.0 Å². The number of piperidine rings is 1. The molecule has 1 aliphatic carbocycles. The molecular weight excluding hydrogens is 486 g/mol. The molecule has 3 aromatic carbocycles. The Kier molecular flexibility index (Phi) is 6.60. The largest absolute Gasteiger partial charge is 0.385 e. The Morgan fingerprint density at radius 1 is 0.914 bits per heavy atom. The van der Waals surface area contributed by atoms with E-state index in [9.17, 15) is 13.2 Å². The number of oxime groups is 1. The topological polar surface area (TPSA) is 88.1 Å². The Labute approximate surface area is 209 Å². The summed E-state index contributed by atoms with van der Waals surface area (Å²) in [7, 11) is -3.65. The minimum Gasteiger partial charge on any atom is -0.385 e. The summed E-state index contributed by atoms with van der Waals surface area (Å²) in [5.41, 5.74) is 4.88. The second-order valence-corrected chi connectivity index (χ2v) is 10.8. The molecule has 0 saturated carbocycles. The smallest absolute Gasteiger partial charge is 0.265 e. The third kappa shape index (κ3) is 4.69. The van der Waals surface area contributed by atoms with Crippen LogP contribution in [0.1, 0.15) is 30.4 Å². The number of fused-ring (bicyclic) bond motifs is 3. The SMILES string of the molecule is O=C(CON=C1c2ccccc2-c2ccccc21)Nc1cc(S(=O)(=O)N2CCCCC2)ccc1Cl. The van der Waals surface area contributed by atoms with Gasteiger partial charge in [0.1, 0.15) is 5.71 Å². The Morgan fingerprint density at radius 2 is 1.51 bits per heavy atom. The molecule has 1 aliphatic heterocycles. The van der Waals surface area contributed by atoms with Crippen LogP contribution in [0, 0.1) is 0 Å². The van der Waals surface area contributed by atoms with Crippen molar-refractivity contribution in [1.82, 2.24) is 4.31 Å². The summed E-state index contributed by atoms with van der Waals surface area (Å²) in [5, 5.41) is 7.13. The van der Waals surface area contributed by atoms with Crippen LogP contribution in [0.5, 0.6) is 0 Å². The van der Waals surface area contributed by atoms with Gasteiger partial charge in [-0.15, -0.1) is 0 Å². The van der Waals surface area contributed by atoms with Gasteiger partial charge in [0.05, 0.1) is 15.6 Å². The molecular formula is C26H24ClN3O4S. The highest BCUT2D eigenvalue weighted by Gasteiger charge is 2.27. The number of benzene rings is 3. The molecule has 3 aromatic rings. The number of rotatable bonds is 6. The van der Waals surface area contributed by atoms with Crippen molar-refractivity contribution in [3.8, 4) is 11.1 Å². The molecule has 1 N–H and O–H groups in total. The van der Waals surface area contributed by atoms with Gasteiger partial charge in [0.25, 0.3) is 5.91 Å². The maximum absolute atomic E-state index is 13.0. The van der Waals surface area contributed by atoms with Crippen LogP contribution in [0.15, 0.2) is 76.8 Å². The minimum atomic E-state index is -3.65. The highest BCUT2D eigenvalue weighted by atomic mass is 35.5. The zero-order valence-corrected chi connectivity index (χ0v) is 20.5. The van der Waals surface area contributed by atoms with Gasteiger partial charge < -0.3 is 10.2 Å². The van der Waals surface area contributed by atoms with E-state index in [0.29, 0.717) is 18.8 Å². The average Bonchev–Trinajstić information content (AvgIpc) is 3.20. The third-order valence-electron chi connectivity index (χ3n) is 6.17. The molecule has 0 unspecified atom stereocenters. The van der Waals surface area contributed by atoms with Crippen molar-refractivity contribution in [2.24, 2.45) is 5.16 Å². The number of hydrogen-bond donors (Lipinski definition) is 1. The molecule has 5 rings (SSSR count). The van der Waals surface area contributed by atoms with E-state index in [1.165, 1.54) is 22.5 Å². The molecule has 9 heteroatoms. The van der Waals surface area contributed by atoms with Gasteiger partial charge in [0.15, 0.2) is 6.61 Å². The normalized spacial score (nSPS) is 15.3. The summed E-state index contributed by atoms with van der Waals surface area (Å²) in [6.07, 6.45) is 2.70. The van der Waals surface area contributed by atoms with Crippen molar-refractivity contribution < 1.29 is 18.0 Å². The Morgan fingerprint density at radius 3 is 2.14 bits per heavy atom. The number of sulfonamides is 1. The number of carbonyl (C=O) groups excluding carboxylic acids is 1. The molecule has 1 fully saturated rings. The molecule has 0 radical (unpaired) electrons. The van der Waals surface area contributed by atoms with E-state index in [2.05, 4.69) is 10.5 Å². The fourth-order valence-electron chi connectivity index (χ4n) is 4.45. The first kappa shape index (κ1) is 23.5. The zero-order chi connectivity index (χ0) is 24.4. The molecule has 0 atom stereocenters. The predicted octanol–water partition coefficient (Wildman–Crippen LogP) is 4.90. The number of halogens is 1. The van der Waals surface area contributed by atoms with Gasteiger partial charge in [-0.25, -0.2) is 8.42 Å². The molecule has 1 saturated heterocycles. The van der Waals surface area contributed by atoms with Gasteiger partial charge in [0, 0.05) is 24.2 Å². The Bertz CT molecular complexity index is 1370. The molecule has 7 nitrogen and oxygen atoms in total. The first-order chi connectivity index (χ1) is 16.9. The first-order valence-corrected chi connectivity index (χ1v) is 13.3. The van der Waals surface area contributed by atoms with Crippen LogP contribution in [0.25, 0.3) is 11.1 Å². The molecule has 2 aliphatic rings. The lowest BCUT2D eigenvalue weighted by Crippen LogP contribution is -2.35. The van der Waals surface area contributed by atoms with Crippen LogP contribution < -0.4 is 5.32 Å². The monoisotopic (exact) mass is 509 g/mol. The van der Waals surface area contributed by atoms with Crippen molar-refractivity contribution in [2.75, 3.05) is 25.0 Å². The van der Waals surface area contributed by atoms with Gasteiger partial charge in [-0.3, -0.25) is 4.79 Å². The maximum atomic E-state index is 13.0. The number of amides is 1. The van der Waals surface area contributed by atoms with Crippen molar-refractivity contribution in [3.05, 3.63) is 82.9 Å². The van der Waals surface area contributed by atoms with Gasteiger partial charge in [-0.05, 0) is 42.2 Å². The molecule has 35 heavy (non-hydrogen) atoms. The van der Waals surface area contributed by atoms with E-state index in [0.717, 1.165) is 41.5 Å². The lowest BCUT2D eigenvalue weighted by molar-refractivity contribution is -0.120. The van der Waals surface area contributed by atoms with E-state index in [4.69, 9.17) is 16.4 Å². The summed E-state index contributed by atoms with van der Waals surface area (Å²) in [5.74, 6) is -0.497. The predicted molar refractivity (Wildman–Crippen MR) is 136 cm³/mol. The number of nitrogens with one attached hydrogen (secondary N) is 1. The van der Waals surface area contributed by atoms with E-state index in [1.54, 1.807) is 0 Å². The van der Waals surface area contributed by atoms with Gasteiger partial charge in [0.2, 0.25) is 10.0 Å². The average molecular weight is 510 g/mol. The minimum absolute atomic E-state index is 0.0967. The standard InChI is InChI=1S/C26H24ClN3O4S/c27-23-13-12-18(35(32,33)30-14-6-1-7-15-30)16-24(23)28-25(31)17-34-29-26-21-10-4-2-8-19(21)20-9-3-5-11-22(20)26/h2-5,8-13,16H,1,6-7,14-15,17H2,(H,28,31). The maximum Gasteiger partial charge on any atom is 0.265 e. The first-order valence-electron chi connectivity index (χ1n) is 11.4. The second kappa shape index (κ2) is 9.81. The molecule has 0 bridgehead atoms. The van der Waals surface area contributed by atoms with Crippen molar-refractivity contribution in [3.63, 3.8) is 0 Å². The van der Waals surface area contributed by atoms with Gasteiger partial charge >= 0.3 is 0 Å². The van der Waals surface area contributed by atoms with Crippen LogP contribution in [-0.2, 0) is 19.7 Å². The van der Waals surface area contributed by atoms with Crippen LogP contribution in [0.2, 0.25) is 5.02 Å². The van der Waals surface area contributed by atoms with Crippen LogP contribution in [0.3, 0.4) is 0 Å². The molecule has 1 heterocycles. The van der Waals surface area contributed by atoms with E-state index in [-0.39, 0.29) is 22.2 Å². The lowest BCUT2D eigenvalue weighted by Gasteiger charge is -2.26. The Hall–Kier alpha value is -3.20. The van der Waals surface area contributed by atoms with Crippen molar-refractivity contribution in [1.29, 1.82) is 0 Å². The van der Waals surface area contributed by atoms with Gasteiger partial charge in [-0.2, -0.15) is 4.31 Å². The van der Waals surface area contributed by atoms with Crippen molar-refractivity contribution in [2.45, 2.75) is 24.2 Å². The molecule has 1 amide bonds. The highest BCUT2D eigenvalue weighted by Crippen LogP contribution is 2.36. The quantitative estimate of drug-likeness (QED) is 0.374. The molecule has 0 aromatic heterocycles. The fourth-order valence-corrected chi connectivity index (χ4v) is 6.16. The summed E-state index contributed by atoms with van der Waals surface area (Å²) >= 11 is 6.23. The number of nitrogens with zero attached hydrogens (tertiary/aromatic N) is 2. The summed E-state index contributed by atoms with van der Waals surface area (Å²) in [6.45, 7) is 0.632. The third-order valence-corrected chi connectivity index (χ3v) is 8.39. The summed E-state index contributed by atoms with van der Waals surface area (Å²) in [6, 6.07) is 20.1. The number of hydrogen-bond acceptors (Lipinski definition) is 5. The number of carbonyl (C=O) groups is 1. The second-order valence-electron chi connectivity index (χ2n) is 8.46. The zero-order valence-electron chi connectivity index (χ0n) is 18.9. The molecule has 0 spiro atoms. The lowest BCUT2D eigenvalue weighted by atomic mass is 10.1.